The molecule has 0 spiro atoms. The smallest absolute Gasteiger partial charge is 0.410 e. The van der Waals surface area contributed by atoms with E-state index in [4.69, 9.17) is 14.6 Å². The first-order valence-electron chi connectivity index (χ1n) is 13.8. The van der Waals surface area contributed by atoms with Crippen LogP contribution in [0.25, 0.3) is 6.08 Å². The Hall–Kier alpha value is -4.34. The van der Waals surface area contributed by atoms with Crippen molar-refractivity contribution in [1.29, 1.82) is 0 Å². The maximum atomic E-state index is 15.5. The molecule has 0 radical (unpaired) electrons. The zero-order valence-electron chi connectivity index (χ0n) is 24.4. The van der Waals surface area contributed by atoms with Crippen molar-refractivity contribution in [3.8, 4) is 11.5 Å². The van der Waals surface area contributed by atoms with Crippen LogP contribution in [-0.4, -0.2) is 47.4 Å². The molecule has 2 aromatic carbocycles. The number of piperidine rings is 1. The molecule has 1 aromatic heterocycles. The number of anilines is 1. The molecule has 1 fully saturated rings. The molecule has 1 saturated heterocycles. The zero-order chi connectivity index (χ0) is 30.4. The molecule has 1 atom stereocenters. The molecular weight excluding hydrogens is 545 g/mol. The summed E-state index contributed by atoms with van der Waals surface area (Å²) in [6.07, 6.45) is 7.27. The second kappa shape index (κ2) is 13.1. The highest BCUT2D eigenvalue weighted by Gasteiger charge is 2.32. The van der Waals surface area contributed by atoms with E-state index < -0.39 is 29.1 Å². The molecule has 1 amide bonds. The quantitative estimate of drug-likeness (QED) is 0.211. The first-order valence-corrected chi connectivity index (χ1v) is 13.8. The van der Waals surface area contributed by atoms with Crippen molar-refractivity contribution in [3.05, 3.63) is 89.5 Å². The number of allylic oxidation sites excluding steroid dienone is 1. The van der Waals surface area contributed by atoms with E-state index in [1.807, 2.05) is 27.7 Å². The molecule has 1 aliphatic rings. The van der Waals surface area contributed by atoms with E-state index >= 15 is 4.39 Å². The molecule has 42 heavy (non-hydrogen) atoms. The first-order chi connectivity index (χ1) is 20.0. The van der Waals surface area contributed by atoms with Crippen LogP contribution < -0.4 is 9.75 Å². The van der Waals surface area contributed by atoms with Gasteiger partial charge in [0.25, 0.3) is 0 Å². The Kier molecular flexibility index (Phi) is 9.55. The highest BCUT2D eigenvalue weighted by molar-refractivity contribution is 6.05. The Labute approximate surface area is 244 Å². The van der Waals surface area contributed by atoms with Crippen LogP contribution in [0.5, 0.6) is 11.5 Å². The molecule has 2 heterocycles. The summed E-state index contributed by atoms with van der Waals surface area (Å²) >= 11 is 0. The lowest BCUT2D eigenvalue weighted by Gasteiger charge is -2.35. The summed E-state index contributed by atoms with van der Waals surface area (Å²) in [6, 6.07) is 10.3. The molecular formula is C32H35F3N4O3. The molecule has 0 bridgehead atoms. The Balaban J connectivity index is 1.67. The molecule has 4 rings (SSSR count). The minimum absolute atomic E-state index is 0.229. The van der Waals surface area contributed by atoms with Crippen LogP contribution in [0.3, 0.4) is 0 Å². The minimum Gasteiger partial charge on any atom is -0.454 e. The summed E-state index contributed by atoms with van der Waals surface area (Å²) in [5.74, 6) is -2.80. The van der Waals surface area contributed by atoms with Crippen LogP contribution >= 0.6 is 0 Å². The number of aromatic nitrogens is 1. The van der Waals surface area contributed by atoms with Crippen LogP contribution in [0.1, 0.15) is 51.7 Å². The number of halogens is 3. The number of carbonyl (C=O) groups excluding carboxylic acids is 1. The van der Waals surface area contributed by atoms with E-state index in [2.05, 4.69) is 4.98 Å². The van der Waals surface area contributed by atoms with Gasteiger partial charge in [0.2, 0.25) is 5.82 Å². The van der Waals surface area contributed by atoms with Crippen molar-refractivity contribution in [3.63, 3.8) is 0 Å². The van der Waals surface area contributed by atoms with Gasteiger partial charge in [-0.05, 0) is 76.9 Å². The maximum Gasteiger partial charge on any atom is 0.410 e. The average Bonchev–Trinajstić information content (AvgIpc) is 2.94. The fourth-order valence-electron chi connectivity index (χ4n) is 4.69. The van der Waals surface area contributed by atoms with Crippen molar-refractivity contribution >= 4 is 23.6 Å². The summed E-state index contributed by atoms with van der Waals surface area (Å²) in [5.41, 5.74) is 1.35. The minimum atomic E-state index is -1.07. The van der Waals surface area contributed by atoms with Gasteiger partial charge in [-0.1, -0.05) is 18.2 Å². The topological polar surface area (TPSA) is 67.3 Å². The van der Waals surface area contributed by atoms with Gasteiger partial charge in [-0.15, -0.1) is 0 Å². The number of amides is 1. The van der Waals surface area contributed by atoms with Gasteiger partial charge in [0, 0.05) is 43.4 Å². The molecule has 222 valence electrons. The van der Waals surface area contributed by atoms with Gasteiger partial charge in [0.1, 0.15) is 11.4 Å². The molecule has 0 saturated carbocycles. The lowest BCUT2D eigenvalue weighted by atomic mass is 9.87. The molecule has 3 aromatic rings. The van der Waals surface area contributed by atoms with E-state index in [9.17, 15) is 13.6 Å². The maximum absolute atomic E-state index is 15.5. The van der Waals surface area contributed by atoms with Crippen LogP contribution in [-0.2, 0) is 4.74 Å². The first kappa shape index (κ1) is 30.6. The predicted octanol–water partition coefficient (Wildman–Crippen LogP) is 7.81. The molecule has 10 heteroatoms. The number of hydrogen-bond acceptors (Lipinski definition) is 6. The van der Waals surface area contributed by atoms with Gasteiger partial charge < -0.3 is 14.4 Å². The number of hydrazone groups is 1. The third-order valence-corrected chi connectivity index (χ3v) is 6.60. The number of pyridine rings is 1. The van der Waals surface area contributed by atoms with Crippen molar-refractivity contribution in [1.82, 2.24) is 9.88 Å². The van der Waals surface area contributed by atoms with Gasteiger partial charge in [0.05, 0.1) is 17.6 Å². The summed E-state index contributed by atoms with van der Waals surface area (Å²) in [5, 5.41) is 6.48. The number of benzene rings is 2. The van der Waals surface area contributed by atoms with Crippen molar-refractivity contribution < 1.29 is 27.4 Å². The van der Waals surface area contributed by atoms with E-state index in [0.29, 0.717) is 54.2 Å². The van der Waals surface area contributed by atoms with Crippen LogP contribution in [0.15, 0.2) is 66.0 Å². The summed E-state index contributed by atoms with van der Waals surface area (Å²) in [7, 11) is 1.73. The summed E-state index contributed by atoms with van der Waals surface area (Å²) in [6.45, 7) is 8.12. The van der Waals surface area contributed by atoms with Gasteiger partial charge in [-0.3, -0.25) is 9.99 Å². The normalized spacial score (nSPS) is 16.0. The molecule has 0 aliphatic carbocycles. The van der Waals surface area contributed by atoms with Crippen LogP contribution in [0.2, 0.25) is 0 Å². The van der Waals surface area contributed by atoms with E-state index in [-0.39, 0.29) is 11.7 Å². The largest absolute Gasteiger partial charge is 0.454 e. The Morgan fingerprint density at radius 3 is 2.52 bits per heavy atom. The second-order valence-corrected chi connectivity index (χ2v) is 11.0. The number of hydrogen-bond donors (Lipinski definition) is 0. The fourth-order valence-corrected chi connectivity index (χ4v) is 4.69. The molecule has 1 aliphatic heterocycles. The summed E-state index contributed by atoms with van der Waals surface area (Å²) in [4.78, 5) is 18.6. The Bertz CT molecular complexity index is 1470. The number of carbonyl (C=O) groups is 1. The predicted molar refractivity (Wildman–Crippen MR) is 157 cm³/mol. The van der Waals surface area contributed by atoms with E-state index in [1.54, 1.807) is 59.6 Å². The number of ether oxygens (including phenoxy) is 2. The molecule has 1 unspecified atom stereocenters. The molecule has 7 nitrogen and oxygen atoms in total. The van der Waals surface area contributed by atoms with E-state index in [1.165, 1.54) is 12.1 Å². The molecule has 0 N–H and O–H groups in total. The van der Waals surface area contributed by atoms with E-state index in [0.717, 1.165) is 12.3 Å². The number of nitrogens with zero attached hydrogens (tertiary/aromatic N) is 4. The Morgan fingerprint density at radius 1 is 1.10 bits per heavy atom. The average molecular weight is 581 g/mol. The van der Waals surface area contributed by atoms with Gasteiger partial charge in [-0.2, -0.15) is 9.49 Å². The second-order valence-electron chi connectivity index (χ2n) is 11.0. The zero-order valence-corrected chi connectivity index (χ0v) is 24.4. The van der Waals surface area contributed by atoms with Crippen molar-refractivity contribution in [2.75, 3.05) is 25.1 Å². The monoisotopic (exact) mass is 580 g/mol. The van der Waals surface area contributed by atoms with Crippen molar-refractivity contribution in [2.24, 2.45) is 11.0 Å². The summed E-state index contributed by atoms with van der Waals surface area (Å²) < 4.78 is 54.2. The third kappa shape index (κ3) is 7.48. The highest BCUT2D eigenvalue weighted by atomic mass is 19.2. The van der Waals surface area contributed by atoms with Crippen molar-refractivity contribution in [2.45, 2.75) is 46.1 Å². The number of likely N-dealkylation sites (tertiary alicyclic amines) is 1. The third-order valence-electron chi connectivity index (χ3n) is 6.60. The Morgan fingerprint density at radius 2 is 1.83 bits per heavy atom. The SMILES string of the molecule is C/C=C/c1cncc(F)c1/C(=N\N(C)c1ccc(Oc2cccc(F)c2F)cc1)C1CCCN(C(=O)OC(C)(C)C)C1. The standard InChI is InChI=1S/C32H35F3N4O3/c1-6-9-21-18-36-19-26(34)28(21)30(22-10-8-17-39(20-22)31(40)42-32(2,3)4)37-38(5)23-13-15-24(16-14-23)41-27-12-7-11-25(33)29(27)35/h6-7,9,11-16,18-19,22H,8,10,17,20H2,1-5H3/b9-6+,37-30-. The van der Waals surface area contributed by atoms with Crippen LogP contribution in [0, 0.1) is 23.4 Å². The van der Waals surface area contributed by atoms with Crippen LogP contribution in [0.4, 0.5) is 23.7 Å². The van der Waals surface area contributed by atoms with Gasteiger partial charge in [0.15, 0.2) is 17.4 Å². The lowest BCUT2D eigenvalue weighted by Crippen LogP contribution is -2.45. The fraction of sp³-hybridized carbons (Fsp3) is 0.344. The van der Waals surface area contributed by atoms with Gasteiger partial charge in [-0.25, -0.2) is 13.6 Å². The highest BCUT2D eigenvalue weighted by Crippen LogP contribution is 2.30. The lowest BCUT2D eigenvalue weighted by molar-refractivity contribution is 0.0194. The number of rotatable bonds is 7. The van der Waals surface area contributed by atoms with Gasteiger partial charge >= 0.3 is 6.09 Å².